The van der Waals surface area contributed by atoms with Gasteiger partial charge in [-0.3, -0.25) is 9.10 Å². The number of hydrogen-bond acceptors (Lipinski definition) is 4. The molecular weight excluding hydrogens is 460 g/mol. The molecule has 0 fully saturated rings. The standard InChI is InChI=1S/C28H32N2O4S/c1-21(24-13-12-23-10-6-7-11-25(23)18-24)29-28(31)19-30(35(2,32)33)26-14-16-27(17-15-26)34-20-22-8-4-3-5-9-22/h3-5,8-9,12-18,21H,6-7,10-11,19-20H2,1-2H3,(H,29,31). The van der Waals surface area contributed by atoms with Gasteiger partial charge in [0.05, 0.1) is 18.0 Å². The first-order chi connectivity index (χ1) is 16.8. The molecule has 1 amide bonds. The van der Waals surface area contributed by atoms with Gasteiger partial charge in [0.2, 0.25) is 15.9 Å². The molecule has 184 valence electrons. The Morgan fingerprint density at radius 2 is 1.66 bits per heavy atom. The van der Waals surface area contributed by atoms with Crippen molar-refractivity contribution in [2.75, 3.05) is 17.1 Å². The number of sulfonamides is 1. The van der Waals surface area contributed by atoms with E-state index in [4.69, 9.17) is 4.74 Å². The lowest BCUT2D eigenvalue weighted by Crippen LogP contribution is -2.41. The normalized spacial score (nSPS) is 14.0. The van der Waals surface area contributed by atoms with Crippen LogP contribution in [-0.2, 0) is 34.3 Å². The first-order valence-electron chi connectivity index (χ1n) is 11.9. The summed E-state index contributed by atoms with van der Waals surface area (Å²) in [5, 5.41) is 2.96. The van der Waals surface area contributed by atoms with Crippen LogP contribution in [0.4, 0.5) is 5.69 Å². The van der Waals surface area contributed by atoms with Crippen molar-refractivity contribution in [3.05, 3.63) is 95.1 Å². The highest BCUT2D eigenvalue weighted by Gasteiger charge is 2.22. The van der Waals surface area contributed by atoms with E-state index in [0.29, 0.717) is 18.0 Å². The minimum Gasteiger partial charge on any atom is -0.489 e. The molecule has 7 heteroatoms. The van der Waals surface area contributed by atoms with Crippen LogP contribution in [0.3, 0.4) is 0 Å². The largest absolute Gasteiger partial charge is 0.489 e. The van der Waals surface area contributed by atoms with Crippen LogP contribution in [0.2, 0.25) is 0 Å². The second-order valence-corrected chi connectivity index (χ2v) is 11.0. The lowest BCUT2D eigenvalue weighted by Gasteiger charge is -2.24. The number of rotatable bonds is 9. The summed E-state index contributed by atoms with van der Waals surface area (Å²) < 4.78 is 31.9. The van der Waals surface area contributed by atoms with Crippen LogP contribution in [0.1, 0.15) is 48.1 Å². The van der Waals surface area contributed by atoms with E-state index in [1.165, 1.54) is 24.0 Å². The number of benzene rings is 3. The summed E-state index contributed by atoms with van der Waals surface area (Å²) in [6.45, 7) is 2.05. The molecule has 0 radical (unpaired) electrons. The Kier molecular flexibility index (Phi) is 7.76. The Morgan fingerprint density at radius 3 is 2.34 bits per heavy atom. The molecule has 0 aromatic heterocycles. The SMILES string of the molecule is CC(NC(=O)CN(c1ccc(OCc2ccccc2)cc1)S(C)(=O)=O)c1ccc2c(c1)CCCC2. The summed E-state index contributed by atoms with van der Waals surface area (Å²) in [5.74, 6) is 0.265. The van der Waals surface area contributed by atoms with Crippen molar-refractivity contribution in [1.82, 2.24) is 5.32 Å². The van der Waals surface area contributed by atoms with Crippen molar-refractivity contribution < 1.29 is 17.9 Å². The smallest absolute Gasteiger partial charge is 0.241 e. The van der Waals surface area contributed by atoms with E-state index >= 15 is 0 Å². The average Bonchev–Trinajstić information content (AvgIpc) is 2.86. The zero-order valence-electron chi connectivity index (χ0n) is 20.2. The Hall–Kier alpha value is -3.32. The van der Waals surface area contributed by atoms with E-state index in [-0.39, 0.29) is 18.5 Å². The van der Waals surface area contributed by atoms with Gasteiger partial charge in [0.15, 0.2) is 0 Å². The fourth-order valence-corrected chi connectivity index (χ4v) is 5.23. The second-order valence-electron chi connectivity index (χ2n) is 9.06. The van der Waals surface area contributed by atoms with Crippen LogP contribution < -0.4 is 14.4 Å². The van der Waals surface area contributed by atoms with Crippen molar-refractivity contribution in [2.24, 2.45) is 0 Å². The maximum Gasteiger partial charge on any atom is 0.241 e. The van der Waals surface area contributed by atoms with Crippen molar-refractivity contribution >= 4 is 21.6 Å². The first kappa shape index (κ1) is 24.8. The predicted molar refractivity (Wildman–Crippen MR) is 139 cm³/mol. The molecule has 0 saturated heterocycles. The van der Waals surface area contributed by atoms with Gasteiger partial charge in [-0.05, 0) is 79.1 Å². The average molecular weight is 493 g/mol. The van der Waals surface area contributed by atoms with Gasteiger partial charge in [-0.2, -0.15) is 0 Å². The van der Waals surface area contributed by atoms with Gasteiger partial charge >= 0.3 is 0 Å². The van der Waals surface area contributed by atoms with Gasteiger partial charge in [0, 0.05) is 0 Å². The molecule has 0 bridgehead atoms. The Balaban J connectivity index is 1.40. The molecular formula is C28H32N2O4S. The molecule has 1 atom stereocenters. The van der Waals surface area contributed by atoms with Gasteiger partial charge < -0.3 is 10.1 Å². The number of nitrogens with one attached hydrogen (secondary N) is 1. The van der Waals surface area contributed by atoms with Crippen molar-refractivity contribution in [2.45, 2.75) is 45.3 Å². The molecule has 3 aromatic rings. The van der Waals surface area contributed by atoms with E-state index in [2.05, 4.69) is 23.5 Å². The Bertz CT molecular complexity index is 1260. The molecule has 1 N–H and O–H groups in total. The van der Waals surface area contributed by atoms with Gasteiger partial charge in [0.25, 0.3) is 0 Å². The minimum atomic E-state index is -3.66. The third-order valence-corrected chi connectivity index (χ3v) is 7.45. The quantitative estimate of drug-likeness (QED) is 0.466. The molecule has 0 spiro atoms. The van der Waals surface area contributed by atoms with Gasteiger partial charge in [-0.15, -0.1) is 0 Å². The third-order valence-electron chi connectivity index (χ3n) is 6.31. The highest BCUT2D eigenvalue weighted by molar-refractivity contribution is 7.92. The second kappa shape index (κ2) is 11.0. The Labute approximate surface area is 208 Å². The maximum absolute atomic E-state index is 12.8. The highest BCUT2D eigenvalue weighted by Crippen LogP contribution is 2.25. The third kappa shape index (κ3) is 6.63. The van der Waals surface area contributed by atoms with Gasteiger partial charge in [-0.1, -0.05) is 48.5 Å². The molecule has 6 nitrogen and oxygen atoms in total. The molecule has 1 aliphatic carbocycles. The van der Waals surface area contributed by atoms with E-state index in [0.717, 1.165) is 34.5 Å². The molecule has 35 heavy (non-hydrogen) atoms. The van der Waals surface area contributed by atoms with Crippen LogP contribution in [0.15, 0.2) is 72.8 Å². The maximum atomic E-state index is 12.8. The molecule has 3 aromatic carbocycles. The summed E-state index contributed by atoms with van der Waals surface area (Å²) in [4.78, 5) is 12.8. The van der Waals surface area contributed by atoms with Crippen LogP contribution >= 0.6 is 0 Å². The number of aryl methyl sites for hydroxylation is 2. The van der Waals surface area contributed by atoms with Crippen LogP contribution in [0.5, 0.6) is 5.75 Å². The first-order valence-corrected chi connectivity index (χ1v) is 13.8. The number of nitrogens with zero attached hydrogens (tertiary/aromatic N) is 1. The van der Waals surface area contributed by atoms with E-state index in [1.807, 2.05) is 37.3 Å². The summed E-state index contributed by atoms with van der Waals surface area (Å²) in [5.41, 5.74) is 5.22. The summed E-state index contributed by atoms with van der Waals surface area (Å²) in [7, 11) is -3.66. The monoisotopic (exact) mass is 492 g/mol. The fraction of sp³-hybridized carbons (Fsp3) is 0.321. The molecule has 1 unspecified atom stereocenters. The van der Waals surface area contributed by atoms with Gasteiger partial charge in [-0.25, -0.2) is 8.42 Å². The summed E-state index contributed by atoms with van der Waals surface area (Å²) in [6, 6.07) is 22.7. The number of ether oxygens (including phenoxy) is 1. The van der Waals surface area contributed by atoms with Crippen LogP contribution in [0.25, 0.3) is 0 Å². The summed E-state index contributed by atoms with van der Waals surface area (Å²) >= 11 is 0. The van der Waals surface area contributed by atoms with Crippen LogP contribution in [-0.4, -0.2) is 27.1 Å². The lowest BCUT2D eigenvalue weighted by atomic mass is 9.89. The Morgan fingerprint density at radius 1 is 0.971 bits per heavy atom. The zero-order valence-corrected chi connectivity index (χ0v) is 21.1. The molecule has 0 saturated carbocycles. The molecule has 1 aliphatic rings. The van der Waals surface area contributed by atoms with E-state index in [1.54, 1.807) is 24.3 Å². The van der Waals surface area contributed by atoms with E-state index < -0.39 is 10.0 Å². The lowest BCUT2D eigenvalue weighted by molar-refractivity contribution is -0.120. The number of carbonyl (C=O) groups excluding carboxylic acids is 1. The van der Waals surface area contributed by atoms with Crippen LogP contribution in [0, 0.1) is 0 Å². The van der Waals surface area contributed by atoms with Crippen molar-refractivity contribution in [1.29, 1.82) is 0 Å². The minimum absolute atomic E-state index is 0.218. The number of amides is 1. The van der Waals surface area contributed by atoms with Gasteiger partial charge in [0.1, 0.15) is 18.9 Å². The molecule has 4 rings (SSSR count). The number of hydrogen-bond donors (Lipinski definition) is 1. The number of carbonyl (C=O) groups is 1. The van der Waals surface area contributed by atoms with Crippen molar-refractivity contribution in [3.8, 4) is 5.75 Å². The predicted octanol–water partition coefficient (Wildman–Crippen LogP) is 4.79. The highest BCUT2D eigenvalue weighted by atomic mass is 32.2. The number of fused-ring (bicyclic) bond motifs is 1. The summed E-state index contributed by atoms with van der Waals surface area (Å²) in [6.07, 6.45) is 5.69. The zero-order chi connectivity index (χ0) is 24.8. The fourth-order valence-electron chi connectivity index (χ4n) is 4.37. The molecule has 0 heterocycles. The topological polar surface area (TPSA) is 75.7 Å². The number of anilines is 1. The molecule has 0 aliphatic heterocycles. The van der Waals surface area contributed by atoms with E-state index in [9.17, 15) is 13.2 Å². The van der Waals surface area contributed by atoms with Crippen molar-refractivity contribution in [3.63, 3.8) is 0 Å².